The minimum atomic E-state index is 0.150. The van der Waals surface area contributed by atoms with Crippen LogP contribution in [0.3, 0.4) is 0 Å². The Morgan fingerprint density at radius 1 is 1.44 bits per heavy atom. The van der Waals surface area contributed by atoms with Gasteiger partial charge in [-0.25, -0.2) is 4.98 Å². The van der Waals surface area contributed by atoms with E-state index >= 15 is 0 Å². The summed E-state index contributed by atoms with van der Waals surface area (Å²) < 4.78 is 0. The van der Waals surface area contributed by atoms with E-state index < -0.39 is 0 Å². The second kappa shape index (κ2) is 4.60. The van der Waals surface area contributed by atoms with Gasteiger partial charge in [0.1, 0.15) is 12.1 Å². The molecule has 4 heteroatoms. The molecule has 2 rings (SSSR count). The van der Waals surface area contributed by atoms with Crippen LogP contribution in [0.5, 0.6) is 0 Å². The number of piperidine rings is 1. The molecule has 0 bridgehead atoms. The molecule has 0 aliphatic carbocycles. The van der Waals surface area contributed by atoms with Gasteiger partial charge in [-0.1, -0.05) is 0 Å². The lowest BCUT2D eigenvalue weighted by molar-refractivity contribution is -0.111. The lowest BCUT2D eigenvalue weighted by Gasteiger charge is -2.31. The van der Waals surface area contributed by atoms with Crippen molar-refractivity contribution >= 4 is 12.1 Å². The number of aryl methyl sites for hydroxylation is 2. The van der Waals surface area contributed by atoms with Crippen molar-refractivity contribution in [2.24, 2.45) is 5.92 Å². The molecule has 0 N–H and O–H groups in total. The molecule has 0 saturated carbocycles. The number of hydrogen-bond acceptors (Lipinski definition) is 4. The monoisotopic (exact) mass is 219 g/mol. The van der Waals surface area contributed by atoms with Crippen LogP contribution >= 0.6 is 0 Å². The Balaban J connectivity index is 2.16. The summed E-state index contributed by atoms with van der Waals surface area (Å²) in [5.41, 5.74) is 1.93. The summed E-state index contributed by atoms with van der Waals surface area (Å²) in [5, 5.41) is 0. The second-order valence-electron chi connectivity index (χ2n) is 4.38. The van der Waals surface area contributed by atoms with Crippen molar-refractivity contribution in [3.05, 3.63) is 17.6 Å². The standard InChI is InChI=1S/C12H17N3O/c1-9-10(2)14-12(6-13-9)15-5-3-4-11(7-15)8-16/h6,8,11H,3-5,7H2,1-2H3. The van der Waals surface area contributed by atoms with Gasteiger partial charge in [-0.15, -0.1) is 0 Å². The maximum atomic E-state index is 10.8. The van der Waals surface area contributed by atoms with Crippen molar-refractivity contribution in [3.8, 4) is 0 Å². The van der Waals surface area contributed by atoms with Crippen LogP contribution in [0.15, 0.2) is 6.20 Å². The first-order chi connectivity index (χ1) is 7.70. The Labute approximate surface area is 95.7 Å². The molecular weight excluding hydrogens is 202 g/mol. The smallest absolute Gasteiger partial charge is 0.147 e. The number of carbonyl (C=O) groups excluding carboxylic acids is 1. The minimum Gasteiger partial charge on any atom is -0.355 e. The van der Waals surface area contributed by atoms with E-state index in [-0.39, 0.29) is 5.92 Å². The lowest BCUT2D eigenvalue weighted by Crippen LogP contribution is -2.36. The summed E-state index contributed by atoms with van der Waals surface area (Å²) in [5.74, 6) is 1.05. The highest BCUT2D eigenvalue weighted by Crippen LogP contribution is 2.20. The molecule has 1 aliphatic heterocycles. The van der Waals surface area contributed by atoms with Crippen LogP contribution in [0, 0.1) is 19.8 Å². The highest BCUT2D eigenvalue weighted by Gasteiger charge is 2.20. The third-order valence-electron chi connectivity index (χ3n) is 3.15. The van der Waals surface area contributed by atoms with Gasteiger partial charge in [-0.3, -0.25) is 4.98 Å². The molecule has 1 aromatic rings. The van der Waals surface area contributed by atoms with E-state index in [0.29, 0.717) is 0 Å². The molecule has 1 atom stereocenters. The zero-order valence-electron chi connectivity index (χ0n) is 9.81. The van der Waals surface area contributed by atoms with Crippen LogP contribution in [-0.2, 0) is 4.79 Å². The van der Waals surface area contributed by atoms with Gasteiger partial charge in [0.2, 0.25) is 0 Å². The first kappa shape index (κ1) is 11.0. The predicted molar refractivity (Wildman–Crippen MR) is 62.5 cm³/mol. The molecule has 2 heterocycles. The Bertz CT molecular complexity index is 392. The summed E-state index contributed by atoms with van der Waals surface area (Å²) in [7, 11) is 0. The van der Waals surface area contributed by atoms with E-state index in [1.807, 2.05) is 13.8 Å². The van der Waals surface area contributed by atoms with Crippen molar-refractivity contribution in [3.63, 3.8) is 0 Å². The first-order valence-corrected chi connectivity index (χ1v) is 5.71. The summed E-state index contributed by atoms with van der Waals surface area (Å²) in [6.45, 7) is 5.67. The van der Waals surface area contributed by atoms with Crippen LogP contribution in [0.2, 0.25) is 0 Å². The fraction of sp³-hybridized carbons (Fsp3) is 0.583. The molecule has 86 valence electrons. The molecule has 1 aromatic heterocycles. The largest absolute Gasteiger partial charge is 0.355 e. The topological polar surface area (TPSA) is 46.1 Å². The number of rotatable bonds is 2. The molecule has 0 spiro atoms. The highest BCUT2D eigenvalue weighted by atomic mass is 16.1. The predicted octanol–water partition coefficient (Wildman–Crippen LogP) is 1.51. The van der Waals surface area contributed by atoms with Gasteiger partial charge < -0.3 is 9.69 Å². The Kier molecular flexibility index (Phi) is 3.17. The van der Waals surface area contributed by atoms with E-state index in [1.54, 1.807) is 6.20 Å². The summed E-state index contributed by atoms with van der Waals surface area (Å²) in [6, 6.07) is 0. The summed E-state index contributed by atoms with van der Waals surface area (Å²) in [6.07, 6.45) is 4.91. The van der Waals surface area contributed by atoms with Crippen molar-refractivity contribution in [2.75, 3.05) is 18.0 Å². The van der Waals surface area contributed by atoms with Crippen molar-refractivity contribution in [1.82, 2.24) is 9.97 Å². The number of anilines is 1. The molecule has 1 unspecified atom stereocenters. The number of nitrogens with zero attached hydrogens (tertiary/aromatic N) is 3. The molecule has 1 saturated heterocycles. The van der Waals surface area contributed by atoms with Crippen molar-refractivity contribution in [2.45, 2.75) is 26.7 Å². The Morgan fingerprint density at radius 2 is 2.25 bits per heavy atom. The zero-order valence-corrected chi connectivity index (χ0v) is 9.81. The Morgan fingerprint density at radius 3 is 2.94 bits per heavy atom. The van der Waals surface area contributed by atoms with E-state index in [2.05, 4.69) is 14.9 Å². The van der Waals surface area contributed by atoms with E-state index in [9.17, 15) is 4.79 Å². The maximum absolute atomic E-state index is 10.8. The van der Waals surface area contributed by atoms with Crippen LogP contribution in [0.4, 0.5) is 5.82 Å². The average Bonchev–Trinajstić information content (AvgIpc) is 2.33. The number of aldehydes is 1. The Hall–Kier alpha value is -1.45. The van der Waals surface area contributed by atoms with Gasteiger partial charge in [-0.2, -0.15) is 0 Å². The van der Waals surface area contributed by atoms with Gasteiger partial charge in [0, 0.05) is 19.0 Å². The summed E-state index contributed by atoms with van der Waals surface area (Å²) >= 11 is 0. The third kappa shape index (κ3) is 2.21. The molecule has 0 radical (unpaired) electrons. The fourth-order valence-electron chi connectivity index (χ4n) is 2.01. The molecule has 16 heavy (non-hydrogen) atoms. The van der Waals surface area contributed by atoms with Gasteiger partial charge in [0.05, 0.1) is 17.6 Å². The van der Waals surface area contributed by atoms with Crippen molar-refractivity contribution < 1.29 is 4.79 Å². The molecule has 1 aliphatic rings. The lowest BCUT2D eigenvalue weighted by atomic mass is 10.00. The minimum absolute atomic E-state index is 0.150. The average molecular weight is 219 g/mol. The van der Waals surface area contributed by atoms with E-state index in [1.165, 1.54) is 0 Å². The fourth-order valence-corrected chi connectivity index (χ4v) is 2.01. The molecular formula is C12H17N3O. The first-order valence-electron chi connectivity index (χ1n) is 5.71. The van der Waals surface area contributed by atoms with Crippen LogP contribution < -0.4 is 4.90 Å². The highest BCUT2D eigenvalue weighted by molar-refractivity contribution is 5.56. The normalized spacial score (nSPS) is 20.9. The zero-order chi connectivity index (χ0) is 11.5. The van der Waals surface area contributed by atoms with Gasteiger partial charge in [-0.05, 0) is 26.7 Å². The van der Waals surface area contributed by atoms with E-state index in [0.717, 1.165) is 49.4 Å². The molecule has 4 nitrogen and oxygen atoms in total. The van der Waals surface area contributed by atoms with Crippen LogP contribution in [-0.4, -0.2) is 29.3 Å². The van der Waals surface area contributed by atoms with Gasteiger partial charge in [0.15, 0.2) is 0 Å². The summed E-state index contributed by atoms with van der Waals surface area (Å²) in [4.78, 5) is 21.8. The maximum Gasteiger partial charge on any atom is 0.147 e. The number of carbonyl (C=O) groups is 1. The quantitative estimate of drug-likeness (QED) is 0.707. The molecule has 0 amide bonds. The van der Waals surface area contributed by atoms with Gasteiger partial charge in [0.25, 0.3) is 0 Å². The van der Waals surface area contributed by atoms with Gasteiger partial charge >= 0.3 is 0 Å². The van der Waals surface area contributed by atoms with Crippen LogP contribution in [0.25, 0.3) is 0 Å². The van der Waals surface area contributed by atoms with E-state index in [4.69, 9.17) is 0 Å². The van der Waals surface area contributed by atoms with Crippen molar-refractivity contribution in [1.29, 1.82) is 0 Å². The molecule has 1 fully saturated rings. The number of aromatic nitrogens is 2. The third-order valence-corrected chi connectivity index (χ3v) is 3.15. The SMILES string of the molecule is Cc1ncc(N2CCCC(C=O)C2)nc1C. The second-order valence-corrected chi connectivity index (χ2v) is 4.38. The number of hydrogen-bond donors (Lipinski definition) is 0. The molecule has 0 aromatic carbocycles. The van der Waals surface area contributed by atoms with Crippen LogP contribution in [0.1, 0.15) is 24.2 Å².